The Morgan fingerprint density at radius 2 is 0.889 bits per heavy atom. The van der Waals surface area contributed by atoms with Gasteiger partial charge in [0.2, 0.25) is 0 Å². The number of nitrogens with zero attached hydrogens (tertiary/aromatic N) is 1. The smallest absolute Gasteiger partial charge is 0.0713 e. The maximum absolute atomic E-state index is 3.67. The predicted molar refractivity (Wildman–Crippen MR) is 229 cm³/mol. The quantitative estimate of drug-likeness (QED) is 0.163. The van der Waals surface area contributed by atoms with Gasteiger partial charge in [-0.2, -0.15) is 0 Å². The molecule has 54 heavy (non-hydrogen) atoms. The maximum atomic E-state index is 3.67. The zero-order valence-electron chi connectivity index (χ0n) is 30.3. The minimum Gasteiger partial charge on any atom is -0.310 e. The Labute approximate surface area is 326 Å². The van der Waals surface area contributed by atoms with Crippen molar-refractivity contribution in [3.05, 3.63) is 232 Å². The van der Waals surface area contributed by atoms with Crippen LogP contribution in [0.15, 0.2) is 199 Å². The zero-order chi connectivity index (χ0) is 36.4. The van der Waals surface area contributed by atoms with E-state index in [1.807, 2.05) is 0 Å². The van der Waals surface area contributed by atoms with E-state index >= 15 is 0 Å². The standard InChI is InChI=1S/C52H38BrN/c1-51(2)46-21-11-9-18-43(46)44-33-32-41(34-49(44)51)54(40-30-26-38(53)27-31-40)39-28-24-35(25-29-39)42-20-13-23-48-50(42)45-19-10-12-22-47(45)52(48,36-14-5-3-6-15-36)37-16-7-4-8-17-37/h3-34H,1-2H3. The Balaban J connectivity index is 1.12. The number of benzene rings is 8. The average molecular weight is 757 g/mol. The molecule has 0 saturated carbocycles. The van der Waals surface area contributed by atoms with Gasteiger partial charge in [-0.15, -0.1) is 0 Å². The fourth-order valence-corrected chi connectivity index (χ4v) is 9.66. The van der Waals surface area contributed by atoms with Crippen molar-refractivity contribution < 1.29 is 0 Å². The molecule has 0 heterocycles. The zero-order valence-corrected chi connectivity index (χ0v) is 31.9. The lowest BCUT2D eigenvalue weighted by Crippen LogP contribution is -2.28. The monoisotopic (exact) mass is 755 g/mol. The number of anilines is 3. The molecule has 0 atom stereocenters. The van der Waals surface area contributed by atoms with Gasteiger partial charge in [0.1, 0.15) is 0 Å². The molecular weight excluding hydrogens is 718 g/mol. The molecule has 0 N–H and O–H groups in total. The topological polar surface area (TPSA) is 3.24 Å². The summed E-state index contributed by atoms with van der Waals surface area (Å²) < 4.78 is 1.06. The molecular formula is C52H38BrN. The van der Waals surface area contributed by atoms with Crippen molar-refractivity contribution in [3.8, 4) is 33.4 Å². The summed E-state index contributed by atoms with van der Waals surface area (Å²) in [6.07, 6.45) is 0. The van der Waals surface area contributed by atoms with Crippen molar-refractivity contribution in [2.24, 2.45) is 0 Å². The summed E-state index contributed by atoms with van der Waals surface area (Å²) in [5.41, 5.74) is 18.5. The van der Waals surface area contributed by atoms with Gasteiger partial charge < -0.3 is 4.90 Å². The van der Waals surface area contributed by atoms with Gasteiger partial charge in [0.25, 0.3) is 0 Å². The highest BCUT2D eigenvalue weighted by Gasteiger charge is 2.46. The third-order valence-electron chi connectivity index (χ3n) is 11.8. The molecule has 2 aliphatic carbocycles. The first-order valence-electron chi connectivity index (χ1n) is 18.7. The molecule has 0 bridgehead atoms. The van der Waals surface area contributed by atoms with Gasteiger partial charge in [0.05, 0.1) is 5.41 Å². The van der Waals surface area contributed by atoms with E-state index in [1.165, 1.54) is 66.8 Å². The molecule has 0 fully saturated rings. The molecule has 0 aromatic heterocycles. The molecule has 0 saturated heterocycles. The number of hydrogen-bond acceptors (Lipinski definition) is 1. The molecule has 2 heteroatoms. The predicted octanol–water partition coefficient (Wildman–Crippen LogP) is 14.3. The van der Waals surface area contributed by atoms with Gasteiger partial charge in [0.15, 0.2) is 0 Å². The number of hydrogen-bond donors (Lipinski definition) is 0. The van der Waals surface area contributed by atoms with Crippen molar-refractivity contribution >= 4 is 33.0 Å². The molecule has 8 aromatic rings. The first-order valence-corrected chi connectivity index (χ1v) is 19.5. The second-order valence-electron chi connectivity index (χ2n) is 15.0. The molecule has 1 nitrogen and oxygen atoms in total. The third-order valence-corrected chi connectivity index (χ3v) is 12.4. The van der Waals surface area contributed by atoms with Crippen molar-refractivity contribution in [2.45, 2.75) is 24.7 Å². The van der Waals surface area contributed by atoms with E-state index in [2.05, 4.69) is 229 Å². The van der Waals surface area contributed by atoms with Crippen LogP contribution < -0.4 is 4.90 Å². The second kappa shape index (κ2) is 12.6. The van der Waals surface area contributed by atoms with Crippen molar-refractivity contribution in [3.63, 3.8) is 0 Å². The Morgan fingerprint density at radius 1 is 0.389 bits per heavy atom. The first-order chi connectivity index (χ1) is 26.5. The molecule has 0 radical (unpaired) electrons. The Hall–Kier alpha value is -5.96. The molecule has 0 amide bonds. The normalized spacial score (nSPS) is 14.1. The SMILES string of the molecule is CC1(C)c2ccccc2-c2ccc(N(c3ccc(Br)cc3)c3ccc(-c4cccc5c4-c4ccccc4C5(c4ccccc4)c4ccccc4)cc3)cc21. The molecule has 0 unspecified atom stereocenters. The highest BCUT2D eigenvalue weighted by Crippen LogP contribution is 2.58. The minimum atomic E-state index is -0.427. The molecule has 8 aromatic carbocycles. The molecule has 258 valence electrons. The highest BCUT2D eigenvalue weighted by atomic mass is 79.9. The minimum absolute atomic E-state index is 0.0874. The largest absolute Gasteiger partial charge is 0.310 e. The van der Waals surface area contributed by atoms with Crippen LogP contribution in [0.4, 0.5) is 17.1 Å². The molecule has 10 rings (SSSR count). The number of fused-ring (bicyclic) bond motifs is 6. The van der Waals surface area contributed by atoms with Crippen LogP contribution in [0.2, 0.25) is 0 Å². The van der Waals surface area contributed by atoms with Gasteiger partial charge in [-0.05, 0) is 115 Å². The van der Waals surface area contributed by atoms with Crippen LogP contribution in [0.1, 0.15) is 47.2 Å². The Morgan fingerprint density at radius 3 is 1.56 bits per heavy atom. The third kappa shape index (κ3) is 4.83. The lowest BCUT2D eigenvalue weighted by molar-refractivity contribution is 0.660. The highest BCUT2D eigenvalue weighted by molar-refractivity contribution is 9.10. The van der Waals surface area contributed by atoms with Gasteiger partial charge in [-0.25, -0.2) is 0 Å². The van der Waals surface area contributed by atoms with Crippen molar-refractivity contribution in [1.82, 2.24) is 0 Å². The van der Waals surface area contributed by atoms with Crippen LogP contribution in [-0.2, 0) is 10.8 Å². The van der Waals surface area contributed by atoms with Crippen LogP contribution in [0.25, 0.3) is 33.4 Å². The van der Waals surface area contributed by atoms with E-state index in [4.69, 9.17) is 0 Å². The molecule has 0 spiro atoms. The number of halogens is 1. The summed E-state index contributed by atoms with van der Waals surface area (Å²) in [5, 5.41) is 0. The van der Waals surface area contributed by atoms with Gasteiger partial charge in [0, 0.05) is 26.9 Å². The summed E-state index contributed by atoms with van der Waals surface area (Å²) >= 11 is 3.67. The fraction of sp³-hybridized carbons (Fsp3) is 0.0769. The van der Waals surface area contributed by atoms with Gasteiger partial charge in [-0.1, -0.05) is 175 Å². The fourth-order valence-electron chi connectivity index (χ4n) is 9.39. The molecule has 0 aliphatic heterocycles. The Kier molecular flexibility index (Phi) is 7.61. The summed E-state index contributed by atoms with van der Waals surface area (Å²) in [6.45, 7) is 4.70. The summed E-state index contributed by atoms with van der Waals surface area (Å²) in [4.78, 5) is 2.39. The van der Waals surface area contributed by atoms with Gasteiger partial charge >= 0.3 is 0 Å². The van der Waals surface area contributed by atoms with Crippen LogP contribution in [0.5, 0.6) is 0 Å². The van der Waals surface area contributed by atoms with Crippen LogP contribution in [-0.4, -0.2) is 0 Å². The van der Waals surface area contributed by atoms with E-state index in [1.54, 1.807) is 0 Å². The van der Waals surface area contributed by atoms with Gasteiger partial charge in [-0.3, -0.25) is 0 Å². The van der Waals surface area contributed by atoms with Crippen LogP contribution in [0, 0.1) is 0 Å². The van der Waals surface area contributed by atoms with E-state index in [9.17, 15) is 0 Å². The van der Waals surface area contributed by atoms with E-state index in [0.29, 0.717) is 0 Å². The lowest BCUT2D eigenvalue weighted by Gasteiger charge is -2.34. The average Bonchev–Trinajstić information content (AvgIpc) is 3.66. The number of rotatable bonds is 6. The van der Waals surface area contributed by atoms with Crippen molar-refractivity contribution in [1.29, 1.82) is 0 Å². The van der Waals surface area contributed by atoms with Crippen molar-refractivity contribution in [2.75, 3.05) is 4.90 Å². The van der Waals surface area contributed by atoms with E-state index in [0.717, 1.165) is 21.5 Å². The summed E-state index contributed by atoms with van der Waals surface area (Å²) in [7, 11) is 0. The van der Waals surface area contributed by atoms with Crippen LogP contribution in [0.3, 0.4) is 0 Å². The molecule has 2 aliphatic rings. The summed E-state index contributed by atoms with van der Waals surface area (Å²) in [5.74, 6) is 0. The van der Waals surface area contributed by atoms with E-state index in [-0.39, 0.29) is 5.41 Å². The second-order valence-corrected chi connectivity index (χ2v) is 15.9. The van der Waals surface area contributed by atoms with Crippen LogP contribution >= 0.6 is 15.9 Å². The first kappa shape index (κ1) is 32.7. The Bertz CT molecular complexity index is 2640. The maximum Gasteiger partial charge on any atom is 0.0713 e. The lowest BCUT2D eigenvalue weighted by atomic mass is 9.67. The van der Waals surface area contributed by atoms with E-state index < -0.39 is 5.41 Å². The summed E-state index contributed by atoms with van der Waals surface area (Å²) in [6, 6.07) is 71.6.